The molecule has 124 valence electrons. The maximum atomic E-state index is 11.9. The standard InChI is InChI=1S/C15H20N4O2S2/c1-10(2)8-9-22-15-19-18-14(23-15)17-13(20)16-11-4-6-12(21-3)7-5-11/h4-7,10H,8-9H2,1-3H3,(H2,16,17,18,20). The normalized spacial score (nSPS) is 10.6. The predicted molar refractivity (Wildman–Crippen MR) is 95.7 cm³/mol. The summed E-state index contributed by atoms with van der Waals surface area (Å²) in [5.74, 6) is 2.41. The van der Waals surface area contributed by atoms with E-state index in [1.54, 1.807) is 43.1 Å². The number of hydrogen-bond donors (Lipinski definition) is 2. The van der Waals surface area contributed by atoms with E-state index < -0.39 is 0 Å². The van der Waals surface area contributed by atoms with Gasteiger partial charge in [-0.1, -0.05) is 36.9 Å². The molecule has 2 N–H and O–H groups in total. The van der Waals surface area contributed by atoms with Crippen LogP contribution in [-0.2, 0) is 0 Å². The monoisotopic (exact) mass is 352 g/mol. The van der Waals surface area contributed by atoms with Gasteiger partial charge in [0.05, 0.1) is 7.11 Å². The molecule has 2 aromatic rings. The van der Waals surface area contributed by atoms with Crippen molar-refractivity contribution in [3.63, 3.8) is 0 Å². The summed E-state index contributed by atoms with van der Waals surface area (Å²) in [5, 5.41) is 14.0. The summed E-state index contributed by atoms with van der Waals surface area (Å²) in [6.07, 6.45) is 1.13. The summed E-state index contributed by atoms with van der Waals surface area (Å²) in [7, 11) is 1.60. The number of aromatic nitrogens is 2. The fourth-order valence-electron chi connectivity index (χ4n) is 1.63. The van der Waals surface area contributed by atoms with Gasteiger partial charge in [0.1, 0.15) is 5.75 Å². The first kappa shape index (κ1) is 17.6. The molecular formula is C15H20N4O2S2. The third kappa shape index (κ3) is 6.07. The topological polar surface area (TPSA) is 76.1 Å². The Hall–Kier alpha value is -1.80. The number of amides is 2. The molecule has 1 aromatic heterocycles. The Morgan fingerprint density at radius 1 is 1.26 bits per heavy atom. The van der Waals surface area contributed by atoms with Crippen LogP contribution in [0, 0.1) is 5.92 Å². The lowest BCUT2D eigenvalue weighted by Gasteiger charge is -2.05. The van der Waals surface area contributed by atoms with Gasteiger partial charge in [0, 0.05) is 11.4 Å². The Kier molecular flexibility index (Phi) is 6.66. The molecule has 0 radical (unpaired) electrons. The van der Waals surface area contributed by atoms with Crippen molar-refractivity contribution >= 4 is 39.9 Å². The summed E-state index contributed by atoms with van der Waals surface area (Å²) in [6.45, 7) is 4.38. The highest BCUT2D eigenvalue weighted by molar-refractivity contribution is 8.01. The molecule has 23 heavy (non-hydrogen) atoms. The number of carbonyl (C=O) groups is 1. The van der Waals surface area contributed by atoms with E-state index in [0.29, 0.717) is 16.7 Å². The smallest absolute Gasteiger partial charge is 0.325 e. The second-order valence-corrected chi connectivity index (χ2v) is 7.53. The predicted octanol–water partition coefficient (Wildman–Crippen LogP) is 4.33. The van der Waals surface area contributed by atoms with Gasteiger partial charge in [-0.2, -0.15) is 0 Å². The molecular weight excluding hydrogens is 332 g/mol. The summed E-state index contributed by atoms with van der Waals surface area (Å²) in [6, 6.07) is 6.76. The number of anilines is 2. The van der Waals surface area contributed by atoms with Crippen molar-refractivity contribution in [3.8, 4) is 5.75 Å². The number of carbonyl (C=O) groups excluding carboxylic acids is 1. The van der Waals surface area contributed by atoms with Gasteiger partial charge in [-0.25, -0.2) is 4.79 Å². The van der Waals surface area contributed by atoms with E-state index in [2.05, 4.69) is 34.7 Å². The van der Waals surface area contributed by atoms with Crippen molar-refractivity contribution in [1.29, 1.82) is 0 Å². The van der Waals surface area contributed by atoms with Crippen LogP contribution in [0.5, 0.6) is 5.75 Å². The number of rotatable bonds is 7. The summed E-state index contributed by atoms with van der Waals surface area (Å²) in [5.41, 5.74) is 0.680. The number of methoxy groups -OCH3 is 1. The van der Waals surface area contributed by atoms with E-state index in [9.17, 15) is 4.79 Å². The molecule has 0 aliphatic heterocycles. The van der Waals surface area contributed by atoms with Crippen molar-refractivity contribution in [2.45, 2.75) is 24.6 Å². The number of ether oxygens (including phenoxy) is 1. The minimum Gasteiger partial charge on any atom is -0.497 e. The molecule has 0 spiro atoms. The van der Waals surface area contributed by atoms with E-state index in [0.717, 1.165) is 22.3 Å². The summed E-state index contributed by atoms with van der Waals surface area (Å²) < 4.78 is 5.94. The largest absolute Gasteiger partial charge is 0.497 e. The van der Waals surface area contributed by atoms with Crippen molar-refractivity contribution in [1.82, 2.24) is 10.2 Å². The molecule has 2 rings (SSSR count). The van der Waals surface area contributed by atoms with Crippen molar-refractivity contribution in [2.75, 3.05) is 23.5 Å². The second-order valence-electron chi connectivity index (χ2n) is 5.21. The fourth-order valence-corrected chi connectivity index (χ4v) is 3.69. The van der Waals surface area contributed by atoms with E-state index in [1.165, 1.54) is 11.3 Å². The zero-order valence-electron chi connectivity index (χ0n) is 13.3. The average molecular weight is 352 g/mol. The minimum atomic E-state index is -0.343. The Bertz CT molecular complexity index is 629. The second kappa shape index (κ2) is 8.73. The molecule has 6 nitrogen and oxygen atoms in total. The molecule has 1 aromatic carbocycles. The Labute approximate surface area is 144 Å². The van der Waals surface area contributed by atoms with Crippen LogP contribution in [0.1, 0.15) is 20.3 Å². The van der Waals surface area contributed by atoms with Gasteiger partial charge in [-0.3, -0.25) is 5.32 Å². The minimum absolute atomic E-state index is 0.343. The van der Waals surface area contributed by atoms with Gasteiger partial charge in [0.2, 0.25) is 5.13 Å². The molecule has 0 bridgehead atoms. The van der Waals surface area contributed by atoms with E-state index in [-0.39, 0.29) is 6.03 Å². The highest BCUT2D eigenvalue weighted by atomic mass is 32.2. The number of thioether (sulfide) groups is 1. The molecule has 8 heteroatoms. The van der Waals surface area contributed by atoms with E-state index in [4.69, 9.17) is 4.74 Å². The zero-order chi connectivity index (χ0) is 16.7. The molecule has 0 unspecified atom stereocenters. The maximum absolute atomic E-state index is 11.9. The van der Waals surface area contributed by atoms with Gasteiger partial charge in [-0.05, 0) is 36.6 Å². The Morgan fingerprint density at radius 2 is 2.00 bits per heavy atom. The summed E-state index contributed by atoms with van der Waals surface area (Å²) >= 11 is 3.04. The van der Waals surface area contributed by atoms with Gasteiger partial charge >= 0.3 is 6.03 Å². The van der Waals surface area contributed by atoms with Crippen LogP contribution in [0.15, 0.2) is 28.6 Å². The zero-order valence-corrected chi connectivity index (χ0v) is 15.0. The number of nitrogens with one attached hydrogen (secondary N) is 2. The Balaban J connectivity index is 1.81. The van der Waals surface area contributed by atoms with Crippen LogP contribution < -0.4 is 15.4 Å². The number of urea groups is 1. The number of benzene rings is 1. The molecule has 0 saturated heterocycles. The van der Waals surface area contributed by atoms with Gasteiger partial charge < -0.3 is 10.1 Å². The van der Waals surface area contributed by atoms with Crippen LogP contribution in [0.2, 0.25) is 0 Å². The van der Waals surface area contributed by atoms with Gasteiger partial charge in [0.25, 0.3) is 0 Å². The lowest BCUT2D eigenvalue weighted by atomic mass is 10.2. The van der Waals surface area contributed by atoms with Crippen molar-refractivity contribution in [2.24, 2.45) is 5.92 Å². The highest BCUT2D eigenvalue weighted by Gasteiger charge is 2.09. The molecule has 2 amide bonds. The molecule has 0 aliphatic rings. The molecule has 1 heterocycles. The fraction of sp³-hybridized carbons (Fsp3) is 0.400. The maximum Gasteiger partial charge on any atom is 0.325 e. The average Bonchev–Trinajstić information content (AvgIpc) is 2.95. The van der Waals surface area contributed by atoms with Crippen LogP contribution >= 0.6 is 23.1 Å². The van der Waals surface area contributed by atoms with Gasteiger partial charge in [0.15, 0.2) is 4.34 Å². The third-order valence-corrected chi connectivity index (χ3v) is 4.90. The quantitative estimate of drug-likeness (QED) is 0.573. The molecule has 0 aliphatic carbocycles. The van der Waals surface area contributed by atoms with E-state index in [1.807, 2.05) is 0 Å². The van der Waals surface area contributed by atoms with Gasteiger partial charge in [-0.15, -0.1) is 10.2 Å². The van der Waals surface area contributed by atoms with Crippen LogP contribution in [0.3, 0.4) is 0 Å². The first-order valence-electron chi connectivity index (χ1n) is 7.25. The Morgan fingerprint density at radius 3 is 2.65 bits per heavy atom. The lowest BCUT2D eigenvalue weighted by Crippen LogP contribution is -2.19. The van der Waals surface area contributed by atoms with Crippen molar-refractivity contribution in [3.05, 3.63) is 24.3 Å². The SMILES string of the molecule is COc1ccc(NC(=O)Nc2nnc(SCCC(C)C)s2)cc1. The van der Waals surface area contributed by atoms with Crippen LogP contribution in [-0.4, -0.2) is 29.1 Å². The first-order chi connectivity index (χ1) is 11.1. The van der Waals surface area contributed by atoms with Crippen molar-refractivity contribution < 1.29 is 9.53 Å². The molecule has 0 fully saturated rings. The molecule has 0 saturated carbocycles. The first-order valence-corrected chi connectivity index (χ1v) is 9.05. The van der Waals surface area contributed by atoms with E-state index >= 15 is 0 Å². The van der Waals surface area contributed by atoms with Crippen LogP contribution in [0.25, 0.3) is 0 Å². The lowest BCUT2D eigenvalue weighted by molar-refractivity contribution is 0.262. The number of nitrogens with zero attached hydrogens (tertiary/aromatic N) is 2. The molecule has 0 atom stereocenters. The highest BCUT2D eigenvalue weighted by Crippen LogP contribution is 2.26. The summed E-state index contributed by atoms with van der Waals surface area (Å²) in [4.78, 5) is 11.9. The number of hydrogen-bond acceptors (Lipinski definition) is 6. The van der Waals surface area contributed by atoms with Crippen LogP contribution in [0.4, 0.5) is 15.6 Å². The third-order valence-electron chi connectivity index (χ3n) is 2.90.